The van der Waals surface area contributed by atoms with E-state index in [2.05, 4.69) is 10.3 Å². The number of carbonyl (C=O) groups is 1. The van der Waals surface area contributed by atoms with Crippen LogP contribution in [0.5, 0.6) is 0 Å². The van der Waals surface area contributed by atoms with E-state index in [0.717, 1.165) is 12.0 Å². The maximum absolute atomic E-state index is 10.6. The highest BCUT2D eigenvalue weighted by atomic mass is 16.1. The van der Waals surface area contributed by atoms with Crippen LogP contribution in [0.4, 0.5) is 0 Å². The van der Waals surface area contributed by atoms with Crippen LogP contribution in [0.25, 0.3) is 0 Å². The first-order valence-electron chi connectivity index (χ1n) is 3.90. The van der Waals surface area contributed by atoms with Gasteiger partial charge in [0.15, 0.2) is 5.96 Å². The number of guanidine groups is 1. The summed E-state index contributed by atoms with van der Waals surface area (Å²) in [6.07, 6.45) is 0.832. The lowest BCUT2D eigenvalue weighted by Crippen LogP contribution is -2.37. The Kier molecular flexibility index (Phi) is 2.47. The van der Waals surface area contributed by atoms with Gasteiger partial charge in [-0.2, -0.15) is 0 Å². The van der Waals surface area contributed by atoms with E-state index in [4.69, 9.17) is 5.73 Å². The Morgan fingerprint density at radius 2 is 2.33 bits per heavy atom. The van der Waals surface area contributed by atoms with Crippen molar-refractivity contribution in [1.82, 2.24) is 5.32 Å². The maximum atomic E-state index is 10.6. The van der Waals surface area contributed by atoms with Crippen LogP contribution in [0.1, 0.15) is 13.8 Å². The second kappa shape index (κ2) is 3.38. The first-order chi connectivity index (χ1) is 5.65. The van der Waals surface area contributed by atoms with Gasteiger partial charge in [-0.3, -0.25) is 4.79 Å². The van der Waals surface area contributed by atoms with Gasteiger partial charge in [-0.15, -0.1) is 0 Å². The number of rotatable bonds is 2. The molecule has 0 fully saturated rings. The van der Waals surface area contributed by atoms with Crippen molar-refractivity contribution in [3.05, 3.63) is 11.3 Å². The molecule has 0 radical (unpaired) electrons. The normalized spacial score (nSPS) is 17.4. The Morgan fingerprint density at radius 3 is 2.83 bits per heavy atom. The van der Waals surface area contributed by atoms with Crippen LogP contribution in [0.2, 0.25) is 0 Å². The SMILES string of the molecule is CC(C)C1=C(C=O)CN=C(N)N1. The summed E-state index contributed by atoms with van der Waals surface area (Å²) >= 11 is 0. The highest BCUT2D eigenvalue weighted by Crippen LogP contribution is 2.13. The summed E-state index contributed by atoms with van der Waals surface area (Å²) in [5, 5.41) is 2.89. The summed E-state index contributed by atoms with van der Waals surface area (Å²) < 4.78 is 0. The summed E-state index contributed by atoms with van der Waals surface area (Å²) in [5.74, 6) is 0.670. The summed E-state index contributed by atoms with van der Waals surface area (Å²) in [6, 6.07) is 0. The summed E-state index contributed by atoms with van der Waals surface area (Å²) in [6.45, 7) is 4.41. The van der Waals surface area contributed by atoms with Gasteiger partial charge in [0.2, 0.25) is 0 Å². The van der Waals surface area contributed by atoms with Crippen molar-refractivity contribution in [3.63, 3.8) is 0 Å². The number of aliphatic imine (C=N–C) groups is 1. The molecular formula is C8H13N3O. The summed E-state index contributed by atoms with van der Waals surface area (Å²) in [4.78, 5) is 14.5. The molecule has 1 rings (SSSR count). The number of hydrogen-bond acceptors (Lipinski definition) is 4. The summed E-state index contributed by atoms with van der Waals surface area (Å²) in [7, 11) is 0. The molecule has 0 saturated heterocycles. The van der Waals surface area contributed by atoms with Crippen molar-refractivity contribution < 1.29 is 4.79 Å². The Balaban J connectivity index is 2.88. The molecule has 4 heteroatoms. The second-order valence-corrected chi connectivity index (χ2v) is 3.04. The molecule has 0 aromatic heterocycles. The molecule has 1 aliphatic rings. The van der Waals surface area contributed by atoms with E-state index in [1.165, 1.54) is 0 Å². The van der Waals surface area contributed by atoms with Crippen LogP contribution >= 0.6 is 0 Å². The number of hydrogen-bond donors (Lipinski definition) is 2. The molecule has 12 heavy (non-hydrogen) atoms. The fraction of sp³-hybridized carbons (Fsp3) is 0.500. The molecule has 1 aliphatic heterocycles. The number of allylic oxidation sites excluding steroid dienone is 1. The van der Waals surface area contributed by atoms with Crippen molar-refractivity contribution in [1.29, 1.82) is 0 Å². The van der Waals surface area contributed by atoms with E-state index in [9.17, 15) is 4.79 Å². The zero-order chi connectivity index (χ0) is 9.14. The van der Waals surface area contributed by atoms with Gasteiger partial charge in [-0.05, 0) is 5.92 Å². The predicted molar refractivity (Wildman–Crippen MR) is 47.6 cm³/mol. The Morgan fingerprint density at radius 1 is 1.67 bits per heavy atom. The average Bonchev–Trinajstić information content (AvgIpc) is 2.04. The van der Waals surface area contributed by atoms with E-state index in [1.807, 2.05) is 13.8 Å². The molecule has 0 spiro atoms. The van der Waals surface area contributed by atoms with Crippen molar-refractivity contribution >= 4 is 12.2 Å². The molecule has 0 bridgehead atoms. The third-order valence-electron chi connectivity index (χ3n) is 1.75. The fourth-order valence-corrected chi connectivity index (χ4v) is 1.13. The number of nitrogens with one attached hydrogen (secondary N) is 1. The lowest BCUT2D eigenvalue weighted by Gasteiger charge is -2.19. The Labute approximate surface area is 71.5 Å². The van der Waals surface area contributed by atoms with Crippen LogP contribution in [-0.2, 0) is 4.79 Å². The third kappa shape index (κ3) is 1.64. The predicted octanol–water partition coefficient (Wildman–Crippen LogP) is 0.0133. The molecule has 0 unspecified atom stereocenters. The molecule has 66 valence electrons. The highest BCUT2D eigenvalue weighted by Gasteiger charge is 2.14. The first kappa shape index (κ1) is 8.77. The topological polar surface area (TPSA) is 67.5 Å². The van der Waals surface area contributed by atoms with Crippen molar-refractivity contribution in [2.45, 2.75) is 13.8 Å². The number of carbonyl (C=O) groups excluding carboxylic acids is 1. The minimum Gasteiger partial charge on any atom is -0.370 e. The molecule has 3 N–H and O–H groups in total. The molecular weight excluding hydrogens is 154 g/mol. The van der Waals surface area contributed by atoms with Crippen LogP contribution < -0.4 is 11.1 Å². The minimum absolute atomic E-state index is 0.277. The van der Waals surface area contributed by atoms with E-state index in [0.29, 0.717) is 18.1 Å². The van der Waals surface area contributed by atoms with Crippen LogP contribution in [0.15, 0.2) is 16.3 Å². The van der Waals surface area contributed by atoms with E-state index >= 15 is 0 Å². The second-order valence-electron chi connectivity index (χ2n) is 3.04. The Bertz CT molecular complexity index is 253. The summed E-state index contributed by atoms with van der Waals surface area (Å²) in [5.41, 5.74) is 7.05. The monoisotopic (exact) mass is 167 g/mol. The van der Waals surface area contributed by atoms with Crippen molar-refractivity contribution in [3.8, 4) is 0 Å². The van der Waals surface area contributed by atoms with Gasteiger partial charge in [0.05, 0.1) is 6.54 Å². The molecule has 4 nitrogen and oxygen atoms in total. The van der Waals surface area contributed by atoms with Gasteiger partial charge in [0.1, 0.15) is 6.29 Å². The molecule has 0 amide bonds. The van der Waals surface area contributed by atoms with Gasteiger partial charge in [-0.1, -0.05) is 13.8 Å². The van der Waals surface area contributed by atoms with Gasteiger partial charge in [0.25, 0.3) is 0 Å². The molecule has 0 aromatic carbocycles. The zero-order valence-corrected chi connectivity index (χ0v) is 7.29. The molecule has 0 atom stereocenters. The lowest BCUT2D eigenvalue weighted by atomic mass is 10.0. The molecule has 0 aliphatic carbocycles. The van der Waals surface area contributed by atoms with Crippen molar-refractivity contribution in [2.24, 2.45) is 16.6 Å². The smallest absolute Gasteiger partial charge is 0.193 e. The average molecular weight is 167 g/mol. The van der Waals surface area contributed by atoms with Crippen LogP contribution in [0, 0.1) is 5.92 Å². The largest absolute Gasteiger partial charge is 0.370 e. The maximum Gasteiger partial charge on any atom is 0.193 e. The number of aldehydes is 1. The van der Waals surface area contributed by atoms with Crippen molar-refractivity contribution in [2.75, 3.05) is 6.54 Å². The molecule has 0 saturated carbocycles. The van der Waals surface area contributed by atoms with E-state index in [-0.39, 0.29) is 5.92 Å². The van der Waals surface area contributed by atoms with Gasteiger partial charge < -0.3 is 11.1 Å². The van der Waals surface area contributed by atoms with Gasteiger partial charge in [0, 0.05) is 11.3 Å². The van der Waals surface area contributed by atoms with E-state index < -0.39 is 0 Å². The molecule has 1 heterocycles. The number of nitrogens with zero attached hydrogens (tertiary/aromatic N) is 1. The Hall–Kier alpha value is -1.32. The lowest BCUT2D eigenvalue weighted by molar-refractivity contribution is -0.105. The van der Waals surface area contributed by atoms with Gasteiger partial charge in [-0.25, -0.2) is 4.99 Å². The highest BCUT2D eigenvalue weighted by molar-refractivity contribution is 5.86. The zero-order valence-electron chi connectivity index (χ0n) is 7.29. The first-order valence-corrected chi connectivity index (χ1v) is 3.90. The third-order valence-corrected chi connectivity index (χ3v) is 1.75. The van der Waals surface area contributed by atoms with Crippen LogP contribution in [0.3, 0.4) is 0 Å². The van der Waals surface area contributed by atoms with E-state index in [1.54, 1.807) is 0 Å². The van der Waals surface area contributed by atoms with Gasteiger partial charge >= 0.3 is 0 Å². The van der Waals surface area contributed by atoms with Crippen LogP contribution in [-0.4, -0.2) is 18.8 Å². The standard InChI is InChI=1S/C8H13N3O/c1-5(2)7-6(4-12)3-10-8(9)11-7/h4-5H,3H2,1-2H3,(H3,9,10,11). The minimum atomic E-state index is 0.277. The number of nitrogens with two attached hydrogens (primary N) is 1. The fourth-order valence-electron chi connectivity index (χ4n) is 1.13. The molecule has 0 aromatic rings. The quantitative estimate of drug-likeness (QED) is 0.569.